The lowest BCUT2D eigenvalue weighted by Crippen LogP contribution is -2.36. The summed E-state index contributed by atoms with van der Waals surface area (Å²) >= 11 is 3.03. The van der Waals surface area contributed by atoms with Gasteiger partial charge in [-0.15, -0.1) is 10.2 Å². The highest BCUT2D eigenvalue weighted by Gasteiger charge is 2.19. The first-order valence-electron chi connectivity index (χ1n) is 9.44. The molecule has 1 fully saturated rings. The van der Waals surface area contributed by atoms with E-state index in [0.29, 0.717) is 11.7 Å². The fraction of sp³-hybridized carbons (Fsp3) is 0.632. The smallest absolute Gasteiger partial charge is 0.209 e. The Morgan fingerprint density at radius 3 is 2.74 bits per heavy atom. The number of Topliss-reactive ketones (excluding diaryl/α,β-unsaturated/α-hetero) is 1. The summed E-state index contributed by atoms with van der Waals surface area (Å²) in [5, 5.41) is 9.43. The van der Waals surface area contributed by atoms with Crippen molar-refractivity contribution in [2.75, 3.05) is 37.0 Å². The number of aryl methyl sites for hydroxylation is 1. The fourth-order valence-corrected chi connectivity index (χ4v) is 4.94. The predicted molar refractivity (Wildman–Crippen MR) is 111 cm³/mol. The molecule has 0 spiro atoms. The molecule has 0 saturated carbocycles. The number of morpholine rings is 1. The number of hydrogen-bond donors (Lipinski definition) is 0. The molecule has 3 heterocycles. The van der Waals surface area contributed by atoms with Crippen LogP contribution in [-0.4, -0.2) is 52.6 Å². The van der Waals surface area contributed by atoms with Gasteiger partial charge < -0.3 is 14.2 Å². The maximum Gasteiger partial charge on any atom is 0.209 e. The van der Waals surface area contributed by atoms with Crippen LogP contribution in [0.15, 0.2) is 10.4 Å². The molecule has 8 heteroatoms. The van der Waals surface area contributed by atoms with Crippen molar-refractivity contribution in [2.45, 2.75) is 45.0 Å². The summed E-state index contributed by atoms with van der Waals surface area (Å²) in [7, 11) is 0. The largest absolute Gasteiger partial charge is 0.378 e. The van der Waals surface area contributed by atoms with Crippen molar-refractivity contribution in [3.63, 3.8) is 0 Å². The van der Waals surface area contributed by atoms with E-state index in [1.165, 1.54) is 11.8 Å². The van der Waals surface area contributed by atoms with Gasteiger partial charge in [-0.1, -0.05) is 36.9 Å². The van der Waals surface area contributed by atoms with Crippen molar-refractivity contribution in [2.24, 2.45) is 5.92 Å². The van der Waals surface area contributed by atoms with Gasteiger partial charge >= 0.3 is 0 Å². The van der Waals surface area contributed by atoms with Gasteiger partial charge in [0.2, 0.25) is 5.13 Å². The van der Waals surface area contributed by atoms with Crippen LogP contribution in [0.2, 0.25) is 0 Å². The SMILES string of the molecule is Cc1cc(C(=O)CSc2nnc(N3CCOCC3)s2)c(C)n1CCC(C)C. The summed E-state index contributed by atoms with van der Waals surface area (Å²) in [6, 6.07) is 2.03. The molecule has 3 rings (SSSR count). The van der Waals surface area contributed by atoms with Gasteiger partial charge in [-0.25, -0.2) is 0 Å². The Hall–Kier alpha value is -1.38. The van der Waals surface area contributed by atoms with Crippen molar-refractivity contribution in [1.82, 2.24) is 14.8 Å². The molecule has 0 unspecified atom stereocenters. The van der Waals surface area contributed by atoms with E-state index in [1.54, 1.807) is 11.3 Å². The van der Waals surface area contributed by atoms with E-state index in [4.69, 9.17) is 4.74 Å². The maximum absolute atomic E-state index is 12.7. The summed E-state index contributed by atoms with van der Waals surface area (Å²) < 4.78 is 8.48. The molecule has 0 aromatic carbocycles. The van der Waals surface area contributed by atoms with Crippen molar-refractivity contribution < 1.29 is 9.53 Å². The lowest BCUT2D eigenvalue weighted by Gasteiger charge is -2.25. The lowest BCUT2D eigenvalue weighted by molar-refractivity contribution is 0.102. The van der Waals surface area contributed by atoms with Crippen LogP contribution in [0.4, 0.5) is 5.13 Å². The van der Waals surface area contributed by atoms with Crippen LogP contribution in [0, 0.1) is 19.8 Å². The van der Waals surface area contributed by atoms with Crippen molar-refractivity contribution in [1.29, 1.82) is 0 Å². The molecule has 27 heavy (non-hydrogen) atoms. The maximum atomic E-state index is 12.7. The van der Waals surface area contributed by atoms with Gasteiger partial charge in [0.25, 0.3) is 0 Å². The van der Waals surface area contributed by atoms with E-state index in [9.17, 15) is 4.79 Å². The average molecular weight is 409 g/mol. The Morgan fingerprint density at radius 2 is 2.04 bits per heavy atom. The highest BCUT2D eigenvalue weighted by molar-refractivity contribution is 8.01. The second-order valence-corrected chi connectivity index (χ2v) is 9.46. The Kier molecular flexibility index (Phi) is 6.94. The Labute approximate surface area is 169 Å². The van der Waals surface area contributed by atoms with Crippen LogP contribution in [-0.2, 0) is 11.3 Å². The third kappa shape index (κ3) is 5.12. The number of aromatic nitrogens is 3. The molecular weight excluding hydrogens is 380 g/mol. The number of anilines is 1. The fourth-order valence-electron chi connectivity index (χ4n) is 3.16. The second-order valence-electron chi connectivity index (χ2n) is 7.28. The van der Waals surface area contributed by atoms with Gasteiger partial charge in [0.05, 0.1) is 19.0 Å². The standard InChI is InChI=1S/C19H28N4O2S2/c1-13(2)5-6-23-14(3)11-16(15(23)4)17(24)12-26-19-21-20-18(27-19)22-7-9-25-10-8-22/h11,13H,5-10,12H2,1-4H3. The number of ketones is 1. The highest BCUT2D eigenvalue weighted by atomic mass is 32.2. The summed E-state index contributed by atoms with van der Waals surface area (Å²) in [5.41, 5.74) is 3.07. The zero-order valence-corrected chi connectivity index (χ0v) is 18.2. The summed E-state index contributed by atoms with van der Waals surface area (Å²) in [6.45, 7) is 12.7. The first-order chi connectivity index (χ1) is 13.0. The molecule has 0 radical (unpaired) electrons. The van der Waals surface area contributed by atoms with Gasteiger partial charge in [0.15, 0.2) is 10.1 Å². The second kappa shape index (κ2) is 9.21. The molecule has 2 aromatic heterocycles. The van der Waals surface area contributed by atoms with Gasteiger partial charge in [-0.3, -0.25) is 4.79 Å². The topological polar surface area (TPSA) is 60.3 Å². The number of thioether (sulfide) groups is 1. The molecule has 1 saturated heterocycles. The quantitative estimate of drug-likeness (QED) is 0.489. The van der Waals surface area contributed by atoms with E-state index >= 15 is 0 Å². The number of rotatable bonds is 8. The van der Waals surface area contributed by atoms with Crippen LogP contribution < -0.4 is 4.90 Å². The molecule has 0 amide bonds. The predicted octanol–water partition coefficient (Wildman–Crippen LogP) is 3.81. The van der Waals surface area contributed by atoms with Crippen molar-refractivity contribution >= 4 is 34.0 Å². The molecule has 0 bridgehead atoms. The van der Waals surface area contributed by atoms with E-state index in [1.807, 2.05) is 13.0 Å². The molecule has 1 aliphatic rings. The third-order valence-electron chi connectivity index (χ3n) is 4.81. The number of carbonyl (C=O) groups is 1. The van der Waals surface area contributed by atoms with E-state index in [-0.39, 0.29) is 5.78 Å². The van der Waals surface area contributed by atoms with Gasteiger partial charge in [0, 0.05) is 36.6 Å². The summed E-state index contributed by atoms with van der Waals surface area (Å²) in [5.74, 6) is 1.21. The number of nitrogens with zero attached hydrogens (tertiary/aromatic N) is 4. The number of carbonyl (C=O) groups excluding carboxylic acids is 1. The Bertz CT molecular complexity index is 779. The van der Waals surface area contributed by atoms with E-state index in [2.05, 4.69) is 40.4 Å². The van der Waals surface area contributed by atoms with Crippen LogP contribution in [0.5, 0.6) is 0 Å². The van der Waals surface area contributed by atoms with E-state index < -0.39 is 0 Å². The molecule has 148 valence electrons. The first-order valence-corrected chi connectivity index (χ1v) is 11.2. The molecule has 1 aliphatic heterocycles. The average Bonchev–Trinajstić information content (AvgIpc) is 3.24. The summed E-state index contributed by atoms with van der Waals surface area (Å²) in [4.78, 5) is 14.9. The Balaban J connectivity index is 1.59. The zero-order valence-electron chi connectivity index (χ0n) is 16.5. The van der Waals surface area contributed by atoms with Gasteiger partial charge in [-0.05, 0) is 32.3 Å². The highest BCUT2D eigenvalue weighted by Crippen LogP contribution is 2.29. The molecule has 6 nitrogen and oxygen atoms in total. The van der Waals surface area contributed by atoms with Crippen LogP contribution in [0.25, 0.3) is 0 Å². The monoisotopic (exact) mass is 408 g/mol. The van der Waals surface area contributed by atoms with Gasteiger partial charge in [-0.2, -0.15) is 0 Å². The normalized spacial score (nSPS) is 14.9. The molecule has 0 N–H and O–H groups in total. The zero-order chi connectivity index (χ0) is 19.4. The van der Waals surface area contributed by atoms with Gasteiger partial charge in [0.1, 0.15) is 0 Å². The Morgan fingerprint density at radius 1 is 1.30 bits per heavy atom. The van der Waals surface area contributed by atoms with Crippen LogP contribution in [0.1, 0.15) is 42.0 Å². The van der Waals surface area contributed by atoms with Crippen molar-refractivity contribution in [3.05, 3.63) is 23.0 Å². The minimum absolute atomic E-state index is 0.159. The summed E-state index contributed by atoms with van der Waals surface area (Å²) in [6.07, 6.45) is 1.12. The van der Waals surface area contributed by atoms with E-state index in [0.717, 1.165) is 65.7 Å². The minimum atomic E-state index is 0.159. The third-order valence-corrected chi connectivity index (χ3v) is 6.93. The molecule has 2 aromatic rings. The van der Waals surface area contributed by atoms with Crippen LogP contribution >= 0.6 is 23.1 Å². The minimum Gasteiger partial charge on any atom is -0.378 e. The number of hydrogen-bond acceptors (Lipinski definition) is 7. The molecule has 0 aliphatic carbocycles. The lowest BCUT2D eigenvalue weighted by atomic mass is 10.1. The van der Waals surface area contributed by atoms with Crippen LogP contribution in [0.3, 0.4) is 0 Å². The number of ether oxygens (including phenoxy) is 1. The first kappa shape index (κ1) is 20.4. The molecule has 0 atom stereocenters. The molecular formula is C19H28N4O2S2. The van der Waals surface area contributed by atoms with Crippen molar-refractivity contribution in [3.8, 4) is 0 Å².